The Balaban J connectivity index is 4.36. The van der Waals surface area contributed by atoms with Crippen molar-refractivity contribution >= 4 is 5.91 Å². The van der Waals surface area contributed by atoms with Gasteiger partial charge in [0.25, 0.3) is 0 Å². The average Bonchev–Trinajstić information content (AvgIpc) is 2.06. The predicted molar refractivity (Wildman–Crippen MR) is 55.7 cm³/mol. The molecular weight excluding hydrogens is 164 g/mol. The monoisotopic (exact) mass is 186 g/mol. The number of hydrogen-bond donors (Lipinski definition) is 1. The lowest BCUT2D eigenvalue weighted by molar-refractivity contribution is -0.136. The number of rotatable bonds is 5. The summed E-state index contributed by atoms with van der Waals surface area (Å²) in [6.07, 6.45) is 0. The summed E-state index contributed by atoms with van der Waals surface area (Å²) in [5, 5.41) is 3.18. The molecular formula is C10H22N2O. The molecule has 0 rings (SSSR count). The fraction of sp³-hybridized carbons (Fsp3) is 0.900. The minimum absolute atomic E-state index is 0.180. The molecule has 0 radical (unpaired) electrons. The summed E-state index contributed by atoms with van der Waals surface area (Å²) in [4.78, 5) is 13.7. The first-order chi connectivity index (χ1) is 5.99. The molecule has 0 aromatic carbocycles. The maximum absolute atomic E-state index is 11.9. The molecule has 0 aliphatic rings. The second-order valence-corrected chi connectivity index (χ2v) is 3.63. The van der Waals surface area contributed by atoms with Gasteiger partial charge in [-0.3, -0.25) is 4.79 Å². The smallest absolute Gasteiger partial charge is 0.242 e. The molecule has 0 fully saturated rings. The Bertz CT molecular complexity index is 162. The Labute approximate surface area is 81.5 Å². The molecule has 0 heterocycles. The van der Waals surface area contributed by atoms with Crippen molar-refractivity contribution in [1.29, 1.82) is 0 Å². The van der Waals surface area contributed by atoms with E-state index in [0.29, 0.717) is 0 Å². The molecule has 0 spiro atoms. The third-order valence-electron chi connectivity index (χ3n) is 2.20. The molecule has 1 N–H and O–H groups in total. The predicted octanol–water partition coefficient (Wildman–Crippen LogP) is 1.24. The van der Waals surface area contributed by atoms with Crippen LogP contribution >= 0.6 is 0 Å². The fourth-order valence-corrected chi connectivity index (χ4v) is 1.42. The highest BCUT2D eigenvalue weighted by atomic mass is 16.2. The van der Waals surface area contributed by atoms with E-state index in [2.05, 4.69) is 5.32 Å². The highest BCUT2D eigenvalue weighted by molar-refractivity contribution is 5.85. The van der Waals surface area contributed by atoms with Crippen molar-refractivity contribution in [3.05, 3.63) is 0 Å². The lowest BCUT2D eigenvalue weighted by Crippen LogP contribution is -2.53. The molecule has 13 heavy (non-hydrogen) atoms. The van der Waals surface area contributed by atoms with Crippen molar-refractivity contribution in [2.75, 3.05) is 19.6 Å². The summed E-state index contributed by atoms with van der Waals surface area (Å²) in [6.45, 7) is 12.3. The second kappa shape index (κ2) is 5.22. The second-order valence-electron chi connectivity index (χ2n) is 3.63. The van der Waals surface area contributed by atoms with Crippen molar-refractivity contribution in [2.45, 2.75) is 40.2 Å². The molecule has 0 atom stereocenters. The SMILES string of the molecule is CCNC(C)(C)C(=O)N(CC)CC. The van der Waals surface area contributed by atoms with E-state index in [4.69, 9.17) is 0 Å². The average molecular weight is 186 g/mol. The number of carbonyl (C=O) groups excluding carboxylic acids is 1. The largest absolute Gasteiger partial charge is 0.342 e. The first kappa shape index (κ1) is 12.4. The van der Waals surface area contributed by atoms with Crippen LogP contribution in [0.25, 0.3) is 0 Å². The highest BCUT2D eigenvalue weighted by Gasteiger charge is 2.29. The van der Waals surface area contributed by atoms with Gasteiger partial charge in [-0.1, -0.05) is 6.92 Å². The van der Waals surface area contributed by atoms with Crippen molar-refractivity contribution in [3.63, 3.8) is 0 Å². The first-order valence-electron chi connectivity index (χ1n) is 5.04. The van der Waals surface area contributed by atoms with Gasteiger partial charge in [-0.05, 0) is 34.2 Å². The molecule has 3 heteroatoms. The molecule has 0 aromatic heterocycles. The zero-order valence-corrected chi connectivity index (χ0v) is 9.48. The molecule has 0 aliphatic heterocycles. The van der Waals surface area contributed by atoms with E-state index in [1.807, 2.05) is 39.5 Å². The fourth-order valence-electron chi connectivity index (χ4n) is 1.42. The molecule has 0 unspecified atom stereocenters. The van der Waals surface area contributed by atoms with Crippen LogP contribution in [0.1, 0.15) is 34.6 Å². The Hall–Kier alpha value is -0.570. The zero-order valence-electron chi connectivity index (χ0n) is 9.48. The molecule has 0 saturated heterocycles. The van der Waals surface area contributed by atoms with Gasteiger partial charge >= 0.3 is 0 Å². The van der Waals surface area contributed by atoms with E-state index in [1.165, 1.54) is 0 Å². The first-order valence-corrected chi connectivity index (χ1v) is 5.04. The molecule has 78 valence electrons. The molecule has 1 amide bonds. The van der Waals surface area contributed by atoms with Crippen molar-refractivity contribution in [2.24, 2.45) is 0 Å². The van der Waals surface area contributed by atoms with Crippen LogP contribution in [0.15, 0.2) is 0 Å². The number of likely N-dealkylation sites (N-methyl/N-ethyl adjacent to an activating group) is 2. The normalized spacial score (nSPS) is 11.5. The Kier molecular flexibility index (Phi) is 4.99. The van der Waals surface area contributed by atoms with Gasteiger partial charge in [0.15, 0.2) is 0 Å². The summed E-state index contributed by atoms with van der Waals surface area (Å²) in [5.74, 6) is 0.180. The van der Waals surface area contributed by atoms with Gasteiger partial charge in [-0.25, -0.2) is 0 Å². The minimum Gasteiger partial charge on any atom is -0.342 e. The Morgan fingerprint density at radius 3 is 2.00 bits per heavy atom. The molecule has 0 saturated carbocycles. The van der Waals surface area contributed by atoms with E-state index >= 15 is 0 Å². The van der Waals surface area contributed by atoms with Crippen LogP contribution in [0.3, 0.4) is 0 Å². The van der Waals surface area contributed by atoms with Crippen LogP contribution in [0.4, 0.5) is 0 Å². The Morgan fingerprint density at radius 2 is 1.69 bits per heavy atom. The summed E-state index contributed by atoms with van der Waals surface area (Å²) in [6, 6.07) is 0. The third kappa shape index (κ3) is 3.35. The number of amides is 1. The number of nitrogens with zero attached hydrogens (tertiary/aromatic N) is 1. The molecule has 0 bridgehead atoms. The molecule has 0 aromatic rings. The van der Waals surface area contributed by atoms with Crippen molar-refractivity contribution in [1.82, 2.24) is 10.2 Å². The summed E-state index contributed by atoms with van der Waals surface area (Å²) in [7, 11) is 0. The Morgan fingerprint density at radius 1 is 1.23 bits per heavy atom. The van der Waals surface area contributed by atoms with Gasteiger partial charge in [-0.2, -0.15) is 0 Å². The number of hydrogen-bond acceptors (Lipinski definition) is 2. The van der Waals surface area contributed by atoms with E-state index in [1.54, 1.807) is 0 Å². The van der Waals surface area contributed by atoms with E-state index in [0.717, 1.165) is 19.6 Å². The van der Waals surface area contributed by atoms with Crippen molar-refractivity contribution in [3.8, 4) is 0 Å². The van der Waals surface area contributed by atoms with Crippen LogP contribution in [-0.4, -0.2) is 36.0 Å². The lowest BCUT2D eigenvalue weighted by atomic mass is 10.0. The van der Waals surface area contributed by atoms with Crippen LogP contribution in [0.5, 0.6) is 0 Å². The van der Waals surface area contributed by atoms with Gasteiger partial charge < -0.3 is 10.2 Å². The van der Waals surface area contributed by atoms with Crippen LogP contribution < -0.4 is 5.32 Å². The zero-order chi connectivity index (χ0) is 10.5. The van der Waals surface area contributed by atoms with E-state index < -0.39 is 5.54 Å². The summed E-state index contributed by atoms with van der Waals surface area (Å²) >= 11 is 0. The van der Waals surface area contributed by atoms with Crippen LogP contribution in [0, 0.1) is 0 Å². The van der Waals surface area contributed by atoms with Gasteiger partial charge in [0.1, 0.15) is 0 Å². The maximum Gasteiger partial charge on any atom is 0.242 e. The maximum atomic E-state index is 11.9. The van der Waals surface area contributed by atoms with E-state index in [9.17, 15) is 4.79 Å². The third-order valence-corrected chi connectivity index (χ3v) is 2.20. The van der Waals surface area contributed by atoms with Gasteiger partial charge in [0, 0.05) is 13.1 Å². The van der Waals surface area contributed by atoms with Crippen LogP contribution in [0.2, 0.25) is 0 Å². The summed E-state index contributed by atoms with van der Waals surface area (Å²) < 4.78 is 0. The molecule has 3 nitrogen and oxygen atoms in total. The number of carbonyl (C=O) groups is 1. The quantitative estimate of drug-likeness (QED) is 0.700. The highest BCUT2D eigenvalue weighted by Crippen LogP contribution is 2.07. The van der Waals surface area contributed by atoms with Gasteiger partial charge in [0.05, 0.1) is 5.54 Å². The van der Waals surface area contributed by atoms with Crippen LogP contribution in [-0.2, 0) is 4.79 Å². The van der Waals surface area contributed by atoms with E-state index in [-0.39, 0.29) is 5.91 Å². The summed E-state index contributed by atoms with van der Waals surface area (Å²) in [5.41, 5.74) is -0.430. The minimum atomic E-state index is -0.430. The van der Waals surface area contributed by atoms with Gasteiger partial charge in [-0.15, -0.1) is 0 Å². The lowest BCUT2D eigenvalue weighted by Gasteiger charge is -2.31. The molecule has 0 aliphatic carbocycles. The van der Waals surface area contributed by atoms with Crippen molar-refractivity contribution < 1.29 is 4.79 Å². The number of nitrogens with one attached hydrogen (secondary N) is 1. The topological polar surface area (TPSA) is 32.3 Å². The van der Waals surface area contributed by atoms with Gasteiger partial charge in [0.2, 0.25) is 5.91 Å². The standard InChI is InChI=1S/C10H22N2O/c1-6-11-10(4,5)9(13)12(7-2)8-3/h11H,6-8H2,1-5H3.